The van der Waals surface area contributed by atoms with Crippen molar-refractivity contribution in [3.05, 3.63) is 54.0 Å². The smallest absolute Gasteiger partial charge is 0.224 e. The van der Waals surface area contributed by atoms with Crippen molar-refractivity contribution < 1.29 is 18.7 Å². The molecule has 118 valence electrons. The Hall–Kier alpha value is -2.27. The average Bonchev–Trinajstić information content (AvgIpc) is 3.04. The highest BCUT2D eigenvalue weighted by Gasteiger charge is 2.14. The van der Waals surface area contributed by atoms with Gasteiger partial charge in [0.1, 0.15) is 17.6 Å². The van der Waals surface area contributed by atoms with E-state index in [2.05, 4.69) is 5.32 Å². The maximum atomic E-state index is 12.0. The molecule has 0 saturated heterocycles. The van der Waals surface area contributed by atoms with Crippen molar-refractivity contribution in [2.45, 2.75) is 19.4 Å². The Morgan fingerprint density at radius 1 is 1.27 bits per heavy atom. The van der Waals surface area contributed by atoms with Gasteiger partial charge < -0.3 is 19.2 Å². The molecular weight excluding hydrogens is 282 g/mol. The van der Waals surface area contributed by atoms with Crippen molar-refractivity contribution in [1.82, 2.24) is 5.32 Å². The third-order valence-electron chi connectivity index (χ3n) is 3.23. The van der Waals surface area contributed by atoms with Gasteiger partial charge in [-0.3, -0.25) is 4.79 Å². The van der Waals surface area contributed by atoms with Gasteiger partial charge in [-0.1, -0.05) is 12.1 Å². The lowest BCUT2D eigenvalue weighted by Gasteiger charge is -2.13. The molecule has 0 unspecified atom stereocenters. The van der Waals surface area contributed by atoms with E-state index in [0.717, 1.165) is 11.3 Å². The van der Waals surface area contributed by atoms with Gasteiger partial charge in [0.05, 0.1) is 25.8 Å². The summed E-state index contributed by atoms with van der Waals surface area (Å²) in [7, 11) is 1.59. The van der Waals surface area contributed by atoms with Gasteiger partial charge in [-0.15, -0.1) is 0 Å². The Morgan fingerprint density at radius 3 is 2.64 bits per heavy atom. The molecule has 1 heterocycles. The first kappa shape index (κ1) is 16.1. The zero-order chi connectivity index (χ0) is 15.8. The number of nitrogens with one attached hydrogen (secondary N) is 1. The largest absolute Gasteiger partial charge is 0.494 e. The van der Waals surface area contributed by atoms with Crippen LogP contribution >= 0.6 is 0 Å². The normalized spacial score (nSPS) is 11.9. The van der Waals surface area contributed by atoms with Gasteiger partial charge in [-0.25, -0.2) is 0 Å². The molecule has 1 aromatic heterocycles. The fourth-order valence-electron chi connectivity index (χ4n) is 2.10. The fourth-order valence-corrected chi connectivity index (χ4v) is 2.10. The molecule has 1 N–H and O–H groups in total. The predicted molar refractivity (Wildman–Crippen MR) is 82.8 cm³/mol. The number of ether oxygens (including phenoxy) is 2. The highest BCUT2D eigenvalue weighted by atomic mass is 16.5. The lowest BCUT2D eigenvalue weighted by atomic mass is 10.1. The summed E-state index contributed by atoms with van der Waals surface area (Å²) in [6.07, 6.45) is 1.63. The minimum absolute atomic E-state index is 0.0576. The number of amides is 1. The summed E-state index contributed by atoms with van der Waals surface area (Å²) in [5.74, 6) is 1.45. The van der Waals surface area contributed by atoms with Crippen molar-refractivity contribution in [2.24, 2.45) is 0 Å². The van der Waals surface area contributed by atoms with E-state index < -0.39 is 0 Å². The Kier molecular flexibility index (Phi) is 6.03. The first-order valence-corrected chi connectivity index (χ1v) is 7.27. The van der Waals surface area contributed by atoms with Crippen molar-refractivity contribution in [3.63, 3.8) is 0 Å². The zero-order valence-electron chi connectivity index (χ0n) is 12.9. The number of hydrogen-bond donors (Lipinski definition) is 1. The summed E-state index contributed by atoms with van der Waals surface area (Å²) in [5.41, 5.74) is 0.938. The molecule has 1 atom stereocenters. The minimum atomic E-state index is -0.278. The van der Waals surface area contributed by atoms with Crippen LogP contribution in [0.3, 0.4) is 0 Å². The van der Waals surface area contributed by atoms with Gasteiger partial charge in [-0.05, 0) is 36.8 Å². The Bertz CT molecular complexity index is 563. The lowest BCUT2D eigenvalue weighted by Crippen LogP contribution is -2.30. The highest BCUT2D eigenvalue weighted by molar-refractivity contribution is 5.78. The molecule has 22 heavy (non-hydrogen) atoms. The second kappa shape index (κ2) is 8.24. The van der Waals surface area contributed by atoms with E-state index in [1.807, 2.05) is 37.3 Å². The molecule has 2 aromatic rings. The van der Waals surface area contributed by atoms with Crippen LogP contribution < -0.4 is 10.1 Å². The van der Waals surface area contributed by atoms with Gasteiger partial charge in [0, 0.05) is 7.11 Å². The van der Waals surface area contributed by atoms with Gasteiger partial charge in [0.15, 0.2) is 0 Å². The van der Waals surface area contributed by atoms with E-state index in [4.69, 9.17) is 13.9 Å². The zero-order valence-corrected chi connectivity index (χ0v) is 12.9. The average molecular weight is 303 g/mol. The third kappa shape index (κ3) is 4.63. The minimum Gasteiger partial charge on any atom is -0.494 e. The number of carbonyl (C=O) groups excluding carboxylic acids is 1. The van der Waals surface area contributed by atoms with E-state index in [1.165, 1.54) is 0 Å². The van der Waals surface area contributed by atoms with Crippen molar-refractivity contribution >= 4 is 5.91 Å². The highest BCUT2D eigenvalue weighted by Crippen LogP contribution is 2.16. The molecule has 0 aliphatic rings. The molecule has 5 heteroatoms. The molecule has 0 bridgehead atoms. The maximum absolute atomic E-state index is 12.0. The second-order valence-electron chi connectivity index (χ2n) is 4.80. The molecule has 0 aliphatic carbocycles. The maximum Gasteiger partial charge on any atom is 0.224 e. The molecular formula is C17H21NO4. The topological polar surface area (TPSA) is 60.7 Å². The van der Waals surface area contributed by atoms with E-state index in [9.17, 15) is 4.79 Å². The first-order valence-electron chi connectivity index (χ1n) is 7.27. The van der Waals surface area contributed by atoms with Gasteiger partial charge in [-0.2, -0.15) is 0 Å². The third-order valence-corrected chi connectivity index (χ3v) is 3.23. The van der Waals surface area contributed by atoms with Gasteiger partial charge in [0.2, 0.25) is 5.91 Å². The van der Waals surface area contributed by atoms with Crippen LogP contribution in [0.15, 0.2) is 47.1 Å². The van der Waals surface area contributed by atoms with Crippen LogP contribution in [0.2, 0.25) is 0 Å². The van der Waals surface area contributed by atoms with Gasteiger partial charge in [0.25, 0.3) is 0 Å². The monoisotopic (exact) mass is 303 g/mol. The second-order valence-corrected chi connectivity index (χ2v) is 4.80. The van der Waals surface area contributed by atoms with Crippen LogP contribution in [0.1, 0.15) is 24.4 Å². The summed E-state index contributed by atoms with van der Waals surface area (Å²) < 4.78 is 16.0. The van der Waals surface area contributed by atoms with Crippen molar-refractivity contribution in [3.8, 4) is 5.75 Å². The number of carbonyl (C=O) groups is 1. The number of methoxy groups -OCH3 is 1. The van der Waals surface area contributed by atoms with Crippen molar-refractivity contribution in [1.29, 1.82) is 0 Å². The molecule has 1 amide bonds. The SMILES string of the molecule is CCOc1ccc(CC(=O)NC[C@H](OC)c2ccco2)cc1. The lowest BCUT2D eigenvalue weighted by molar-refractivity contribution is -0.121. The Morgan fingerprint density at radius 2 is 2.05 bits per heavy atom. The number of benzene rings is 1. The van der Waals surface area contributed by atoms with Crippen LogP contribution in [-0.4, -0.2) is 26.2 Å². The molecule has 0 fully saturated rings. The Labute approximate surface area is 130 Å². The van der Waals surface area contributed by atoms with Crippen LogP contribution in [0.25, 0.3) is 0 Å². The number of hydrogen-bond acceptors (Lipinski definition) is 4. The van der Waals surface area contributed by atoms with Crippen LogP contribution in [-0.2, 0) is 16.0 Å². The number of furan rings is 1. The summed E-state index contributed by atoms with van der Waals surface area (Å²) in [6, 6.07) is 11.1. The van der Waals surface area contributed by atoms with Crippen molar-refractivity contribution in [2.75, 3.05) is 20.3 Å². The van der Waals surface area contributed by atoms with Crippen LogP contribution in [0.4, 0.5) is 0 Å². The van der Waals surface area contributed by atoms with E-state index >= 15 is 0 Å². The van der Waals surface area contributed by atoms with Crippen LogP contribution in [0, 0.1) is 0 Å². The fraction of sp³-hybridized carbons (Fsp3) is 0.353. The van der Waals surface area contributed by atoms with E-state index in [1.54, 1.807) is 19.4 Å². The number of rotatable bonds is 8. The van der Waals surface area contributed by atoms with E-state index in [0.29, 0.717) is 25.3 Å². The molecule has 2 rings (SSSR count). The van der Waals surface area contributed by atoms with E-state index in [-0.39, 0.29) is 12.0 Å². The molecule has 5 nitrogen and oxygen atoms in total. The van der Waals surface area contributed by atoms with Crippen LogP contribution in [0.5, 0.6) is 5.75 Å². The first-order chi connectivity index (χ1) is 10.7. The molecule has 1 aromatic carbocycles. The summed E-state index contributed by atoms with van der Waals surface area (Å²) in [5, 5.41) is 2.86. The molecule has 0 spiro atoms. The molecule has 0 aliphatic heterocycles. The summed E-state index contributed by atoms with van der Waals surface area (Å²) in [6.45, 7) is 2.94. The molecule has 0 radical (unpaired) electrons. The molecule has 0 saturated carbocycles. The van der Waals surface area contributed by atoms with Gasteiger partial charge >= 0.3 is 0 Å². The summed E-state index contributed by atoms with van der Waals surface area (Å²) in [4.78, 5) is 12.0. The Balaban J connectivity index is 1.82. The standard InChI is InChI=1S/C17H21NO4/c1-3-21-14-8-6-13(7-9-14)11-17(19)18-12-16(20-2)15-5-4-10-22-15/h4-10,16H,3,11-12H2,1-2H3,(H,18,19)/t16-/m0/s1. The quantitative estimate of drug-likeness (QED) is 0.814. The predicted octanol–water partition coefficient (Wildman–Crippen LogP) is 2.72. The summed E-state index contributed by atoms with van der Waals surface area (Å²) >= 11 is 0.